The molecular formula is C71H122O6. The minimum Gasteiger partial charge on any atom is -0.462 e. The summed E-state index contributed by atoms with van der Waals surface area (Å²) >= 11 is 0. The molecule has 77 heavy (non-hydrogen) atoms. The van der Waals surface area contributed by atoms with Crippen molar-refractivity contribution in [3.63, 3.8) is 0 Å². The van der Waals surface area contributed by atoms with Crippen molar-refractivity contribution in [2.24, 2.45) is 0 Å². The van der Waals surface area contributed by atoms with E-state index in [1.54, 1.807) is 0 Å². The van der Waals surface area contributed by atoms with E-state index in [9.17, 15) is 14.4 Å². The molecule has 1 atom stereocenters. The Kier molecular flexibility index (Phi) is 61.8. The third kappa shape index (κ3) is 63.0. The second-order valence-electron chi connectivity index (χ2n) is 21.6. The molecule has 1 unspecified atom stereocenters. The SMILES string of the molecule is CC/C=C\C/C=C\C/C=C\C/C=C\C/C=C\CCCCCCCCCCCCCCCC(=O)OCC(COC(=O)CCCCCCC/C=C\CCCCCC)OC(=O)CCCCCCCCC/C=C\C/C=C\CCCCC. The third-order valence-corrected chi connectivity index (χ3v) is 14.0. The lowest BCUT2D eigenvalue weighted by molar-refractivity contribution is -0.167. The number of allylic oxidation sites excluding steroid dienone is 16. The molecule has 0 aliphatic heterocycles. The molecule has 0 aromatic rings. The summed E-state index contributed by atoms with van der Waals surface area (Å²) < 4.78 is 16.9. The normalized spacial score (nSPS) is 12.7. The van der Waals surface area contributed by atoms with Crippen LogP contribution in [-0.4, -0.2) is 37.2 Å². The molecule has 6 heteroatoms. The van der Waals surface area contributed by atoms with Gasteiger partial charge >= 0.3 is 17.9 Å². The van der Waals surface area contributed by atoms with Crippen molar-refractivity contribution in [2.75, 3.05) is 13.2 Å². The molecule has 442 valence electrons. The monoisotopic (exact) mass is 1070 g/mol. The van der Waals surface area contributed by atoms with Crippen molar-refractivity contribution in [2.45, 2.75) is 322 Å². The Morgan fingerprint density at radius 2 is 0.506 bits per heavy atom. The van der Waals surface area contributed by atoms with Crippen LogP contribution in [0.15, 0.2) is 97.2 Å². The van der Waals surface area contributed by atoms with Gasteiger partial charge < -0.3 is 14.2 Å². The summed E-state index contributed by atoms with van der Waals surface area (Å²) in [5, 5.41) is 0. The number of carbonyl (C=O) groups excluding carboxylic acids is 3. The van der Waals surface area contributed by atoms with Crippen molar-refractivity contribution in [3.8, 4) is 0 Å². The number of esters is 3. The van der Waals surface area contributed by atoms with Crippen LogP contribution in [0, 0.1) is 0 Å². The number of rotatable bonds is 59. The summed E-state index contributed by atoms with van der Waals surface area (Å²) in [7, 11) is 0. The molecule has 0 heterocycles. The lowest BCUT2D eigenvalue weighted by atomic mass is 10.0. The van der Waals surface area contributed by atoms with E-state index in [1.807, 2.05) is 0 Å². The fraction of sp³-hybridized carbons (Fsp3) is 0.732. The lowest BCUT2D eigenvalue weighted by Crippen LogP contribution is -2.30. The van der Waals surface area contributed by atoms with Gasteiger partial charge in [-0.3, -0.25) is 14.4 Å². The Bertz CT molecular complexity index is 1510. The highest BCUT2D eigenvalue weighted by molar-refractivity contribution is 5.71. The van der Waals surface area contributed by atoms with Crippen LogP contribution >= 0.6 is 0 Å². The Balaban J connectivity index is 4.26. The van der Waals surface area contributed by atoms with Gasteiger partial charge in [0.1, 0.15) is 13.2 Å². The van der Waals surface area contributed by atoms with E-state index in [0.717, 1.165) is 109 Å². The lowest BCUT2D eigenvalue weighted by Gasteiger charge is -2.18. The first-order valence-electron chi connectivity index (χ1n) is 32.7. The highest BCUT2D eigenvalue weighted by atomic mass is 16.6. The van der Waals surface area contributed by atoms with Gasteiger partial charge in [0.2, 0.25) is 0 Å². The second-order valence-corrected chi connectivity index (χ2v) is 21.6. The Morgan fingerprint density at radius 1 is 0.273 bits per heavy atom. The molecule has 0 saturated carbocycles. The van der Waals surface area contributed by atoms with Gasteiger partial charge in [-0.1, -0.05) is 272 Å². The maximum Gasteiger partial charge on any atom is 0.306 e. The van der Waals surface area contributed by atoms with E-state index in [4.69, 9.17) is 14.2 Å². The van der Waals surface area contributed by atoms with Gasteiger partial charge in [0.05, 0.1) is 0 Å². The maximum absolute atomic E-state index is 12.9. The topological polar surface area (TPSA) is 78.9 Å². The largest absolute Gasteiger partial charge is 0.462 e. The molecule has 0 aliphatic rings. The van der Waals surface area contributed by atoms with Crippen LogP contribution in [0.1, 0.15) is 316 Å². The van der Waals surface area contributed by atoms with Crippen LogP contribution < -0.4 is 0 Å². The van der Waals surface area contributed by atoms with E-state index < -0.39 is 6.10 Å². The van der Waals surface area contributed by atoms with E-state index in [-0.39, 0.29) is 31.1 Å². The highest BCUT2D eigenvalue weighted by Crippen LogP contribution is 2.16. The molecule has 0 fully saturated rings. The van der Waals surface area contributed by atoms with Crippen molar-refractivity contribution in [3.05, 3.63) is 97.2 Å². The number of ether oxygens (including phenoxy) is 3. The zero-order chi connectivity index (χ0) is 55.7. The minimum absolute atomic E-state index is 0.0823. The molecule has 0 rings (SSSR count). The van der Waals surface area contributed by atoms with Crippen LogP contribution in [0.25, 0.3) is 0 Å². The Labute approximate surface area is 477 Å². The third-order valence-electron chi connectivity index (χ3n) is 14.0. The average molecular weight is 1070 g/mol. The number of hydrogen-bond donors (Lipinski definition) is 0. The zero-order valence-corrected chi connectivity index (χ0v) is 50.7. The standard InChI is InChI=1S/C71H122O6/c1-4-7-10-13-16-19-22-25-27-29-30-31-32-33-34-35-36-37-38-39-40-42-43-46-49-52-55-58-61-64-70(73)76-67-68(66-75-69(72)63-60-57-54-51-48-45-24-21-18-15-12-9-6-3)77-71(74)65-62-59-56-53-50-47-44-41-28-26-23-20-17-14-11-8-5-2/h7,10,16-17,19-21,24-28,30-31,33-34,68H,4-6,8-9,11-15,18,22-23,29,32,35-67H2,1-3H3/b10-7-,19-16-,20-17-,24-21-,27-25-,28-26-,31-30-,34-33-. The van der Waals surface area contributed by atoms with Crippen molar-refractivity contribution in [1.29, 1.82) is 0 Å². The summed E-state index contributed by atoms with van der Waals surface area (Å²) in [5.74, 6) is -0.890. The van der Waals surface area contributed by atoms with Gasteiger partial charge in [0.25, 0.3) is 0 Å². The first kappa shape index (κ1) is 73.3. The van der Waals surface area contributed by atoms with Crippen LogP contribution in [0.4, 0.5) is 0 Å². The minimum atomic E-state index is -0.786. The molecule has 0 saturated heterocycles. The molecule has 0 aromatic carbocycles. The molecular weight excluding hydrogens is 949 g/mol. The zero-order valence-electron chi connectivity index (χ0n) is 50.7. The number of hydrogen-bond acceptors (Lipinski definition) is 6. The first-order valence-corrected chi connectivity index (χ1v) is 32.7. The Hall–Kier alpha value is -3.67. The molecule has 0 spiro atoms. The average Bonchev–Trinajstić information content (AvgIpc) is 3.43. The van der Waals surface area contributed by atoms with Crippen molar-refractivity contribution < 1.29 is 28.6 Å². The molecule has 0 aliphatic carbocycles. The van der Waals surface area contributed by atoms with Crippen molar-refractivity contribution >= 4 is 17.9 Å². The van der Waals surface area contributed by atoms with Crippen molar-refractivity contribution in [1.82, 2.24) is 0 Å². The van der Waals surface area contributed by atoms with E-state index >= 15 is 0 Å². The summed E-state index contributed by atoms with van der Waals surface area (Å²) in [4.78, 5) is 38.3. The predicted octanol–water partition coefficient (Wildman–Crippen LogP) is 22.4. The molecule has 0 radical (unpaired) electrons. The van der Waals surface area contributed by atoms with Gasteiger partial charge in [-0.15, -0.1) is 0 Å². The van der Waals surface area contributed by atoms with E-state index in [2.05, 4.69) is 118 Å². The van der Waals surface area contributed by atoms with Gasteiger partial charge in [0.15, 0.2) is 6.10 Å². The van der Waals surface area contributed by atoms with Gasteiger partial charge in [0, 0.05) is 19.3 Å². The molecule has 6 nitrogen and oxygen atoms in total. The van der Waals surface area contributed by atoms with Crippen LogP contribution in [-0.2, 0) is 28.6 Å². The van der Waals surface area contributed by atoms with Crippen LogP contribution in [0.5, 0.6) is 0 Å². The van der Waals surface area contributed by atoms with Crippen LogP contribution in [0.2, 0.25) is 0 Å². The molecule has 0 amide bonds. The fourth-order valence-corrected chi connectivity index (χ4v) is 9.14. The van der Waals surface area contributed by atoms with E-state index in [1.165, 1.54) is 167 Å². The Morgan fingerprint density at radius 3 is 0.831 bits per heavy atom. The van der Waals surface area contributed by atoms with Gasteiger partial charge in [-0.2, -0.15) is 0 Å². The van der Waals surface area contributed by atoms with Gasteiger partial charge in [-0.05, 0) is 122 Å². The smallest absolute Gasteiger partial charge is 0.306 e. The molecule has 0 aromatic heterocycles. The molecule has 0 bridgehead atoms. The van der Waals surface area contributed by atoms with Gasteiger partial charge in [-0.25, -0.2) is 0 Å². The summed E-state index contributed by atoms with van der Waals surface area (Å²) in [6.07, 6.45) is 87.0. The molecule has 0 N–H and O–H groups in total. The quantitative estimate of drug-likeness (QED) is 0.0261. The second kappa shape index (κ2) is 64.9. The van der Waals surface area contributed by atoms with Crippen LogP contribution in [0.3, 0.4) is 0 Å². The first-order chi connectivity index (χ1) is 38.0. The maximum atomic E-state index is 12.9. The summed E-state index contributed by atoms with van der Waals surface area (Å²) in [5.41, 5.74) is 0. The predicted molar refractivity (Wildman–Crippen MR) is 334 cm³/mol. The summed E-state index contributed by atoms with van der Waals surface area (Å²) in [6, 6.07) is 0. The number of unbranched alkanes of at least 4 members (excludes halogenated alkanes) is 32. The van der Waals surface area contributed by atoms with E-state index in [0.29, 0.717) is 19.3 Å². The highest BCUT2D eigenvalue weighted by Gasteiger charge is 2.19. The number of carbonyl (C=O) groups is 3. The summed E-state index contributed by atoms with van der Waals surface area (Å²) in [6.45, 7) is 6.50. The fourth-order valence-electron chi connectivity index (χ4n) is 9.14.